The lowest BCUT2D eigenvalue weighted by Crippen LogP contribution is -2.52. The van der Waals surface area contributed by atoms with Gasteiger partial charge in [0.2, 0.25) is 5.91 Å². The number of piperazine rings is 1. The quantitative estimate of drug-likeness (QED) is 0.669. The summed E-state index contributed by atoms with van der Waals surface area (Å²) < 4.78 is 0. The summed E-state index contributed by atoms with van der Waals surface area (Å²) >= 11 is 0. The molecule has 1 atom stereocenters. The van der Waals surface area contributed by atoms with Crippen LogP contribution in [0.1, 0.15) is 32.1 Å². The maximum atomic E-state index is 12.5. The smallest absolute Gasteiger partial charge is 0.240 e. The Morgan fingerprint density at radius 1 is 1.16 bits per heavy atom. The Kier molecular flexibility index (Phi) is 6.07. The average molecular weight is 269 g/mol. The summed E-state index contributed by atoms with van der Waals surface area (Å²) in [6, 6.07) is 0.118. The van der Waals surface area contributed by atoms with Gasteiger partial charge in [-0.2, -0.15) is 0 Å². The van der Waals surface area contributed by atoms with Crippen molar-refractivity contribution >= 4 is 5.91 Å². The Bertz CT molecular complexity index is 280. The topological polar surface area (TPSA) is 55.8 Å². The van der Waals surface area contributed by atoms with Gasteiger partial charge in [0.05, 0.1) is 6.04 Å². The molecule has 1 amide bonds. The SMILES string of the molecule is O=C(C1CCCN1CCCCCO)N1CCNCC1. The highest BCUT2D eigenvalue weighted by atomic mass is 16.2. The number of carbonyl (C=O) groups excluding carboxylic acids is 1. The van der Waals surface area contributed by atoms with Gasteiger partial charge >= 0.3 is 0 Å². The summed E-state index contributed by atoms with van der Waals surface area (Å²) in [6.07, 6.45) is 5.18. The first kappa shape index (κ1) is 14.8. The standard InChI is InChI=1S/C14H27N3O2/c18-12-3-1-2-8-16-9-4-5-13(16)14(19)17-10-6-15-7-11-17/h13,15,18H,1-12H2. The average Bonchev–Trinajstić information content (AvgIpc) is 2.92. The van der Waals surface area contributed by atoms with E-state index in [1.807, 2.05) is 4.90 Å². The highest BCUT2D eigenvalue weighted by Crippen LogP contribution is 2.20. The van der Waals surface area contributed by atoms with Gasteiger partial charge in [0, 0.05) is 32.8 Å². The molecular formula is C14H27N3O2. The fourth-order valence-corrected chi connectivity index (χ4v) is 3.07. The van der Waals surface area contributed by atoms with Gasteiger partial charge in [-0.05, 0) is 45.2 Å². The molecule has 2 fully saturated rings. The number of aliphatic hydroxyl groups is 1. The molecule has 5 heteroatoms. The second-order valence-corrected chi connectivity index (χ2v) is 5.55. The predicted molar refractivity (Wildman–Crippen MR) is 75.0 cm³/mol. The monoisotopic (exact) mass is 269 g/mol. The van der Waals surface area contributed by atoms with Crippen LogP contribution in [0.25, 0.3) is 0 Å². The zero-order valence-corrected chi connectivity index (χ0v) is 11.8. The normalized spacial score (nSPS) is 24.9. The van der Waals surface area contributed by atoms with Crippen molar-refractivity contribution in [1.82, 2.24) is 15.1 Å². The molecular weight excluding hydrogens is 242 g/mol. The summed E-state index contributed by atoms with van der Waals surface area (Å²) in [5.41, 5.74) is 0. The highest BCUT2D eigenvalue weighted by Gasteiger charge is 2.33. The number of aliphatic hydroxyl groups excluding tert-OH is 1. The Hall–Kier alpha value is -0.650. The molecule has 2 saturated heterocycles. The van der Waals surface area contributed by atoms with Crippen molar-refractivity contribution in [1.29, 1.82) is 0 Å². The summed E-state index contributed by atoms with van der Waals surface area (Å²) in [4.78, 5) is 16.9. The van der Waals surface area contributed by atoms with Crippen LogP contribution in [0.15, 0.2) is 0 Å². The lowest BCUT2D eigenvalue weighted by atomic mass is 10.1. The van der Waals surface area contributed by atoms with Crippen molar-refractivity contribution in [3.63, 3.8) is 0 Å². The number of nitrogens with zero attached hydrogens (tertiary/aromatic N) is 2. The van der Waals surface area contributed by atoms with Crippen LogP contribution in [0.5, 0.6) is 0 Å². The zero-order chi connectivity index (χ0) is 13.5. The molecule has 2 aliphatic heterocycles. The first-order valence-corrected chi connectivity index (χ1v) is 7.67. The van der Waals surface area contributed by atoms with E-state index >= 15 is 0 Å². The van der Waals surface area contributed by atoms with Crippen LogP contribution in [-0.4, -0.2) is 72.7 Å². The van der Waals surface area contributed by atoms with Crippen molar-refractivity contribution in [2.75, 3.05) is 45.9 Å². The third kappa shape index (κ3) is 4.16. The predicted octanol–water partition coefficient (Wildman–Crippen LogP) is 0.0452. The first-order chi connectivity index (χ1) is 9.33. The molecule has 0 bridgehead atoms. The van der Waals surface area contributed by atoms with E-state index in [-0.39, 0.29) is 12.6 Å². The number of nitrogens with one attached hydrogen (secondary N) is 1. The van der Waals surface area contributed by atoms with E-state index in [4.69, 9.17) is 5.11 Å². The Morgan fingerprint density at radius 2 is 1.95 bits per heavy atom. The maximum absolute atomic E-state index is 12.5. The van der Waals surface area contributed by atoms with E-state index in [0.29, 0.717) is 5.91 Å². The van der Waals surface area contributed by atoms with E-state index in [0.717, 1.165) is 71.4 Å². The molecule has 0 aromatic carbocycles. The van der Waals surface area contributed by atoms with Gasteiger partial charge in [0.1, 0.15) is 0 Å². The second-order valence-electron chi connectivity index (χ2n) is 5.55. The fourth-order valence-electron chi connectivity index (χ4n) is 3.07. The van der Waals surface area contributed by atoms with E-state index in [9.17, 15) is 4.79 Å². The van der Waals surface area contributed by atoms with Crippen molar-refractivity contribution in [3.05, 3.63) is 0 Å². The van der Waals surface area contributed by atoms with E-state index < -0.39 is 0 Å². The number of likely N-dealkylation sites (tertiary alicyclic amines) is 1. The molecule has 2 heterocycles. The van der Waals surface area contributed by atoms with Gasteiger partial charge in [0.15, 0.2) is 0 Å². The van der Waals surface area contributed by atoms with Crippen molar-refractivity contribution in [2.24, 2.45) is 0 Å². The molecule has 2 aliphatic rings. The summed E-state index contributed by atoms with van der Waals surface area (Å²) in [7, 11) is 0. The number of hydrogen-bond donors (Lipinski definition) is 2. The van der Waals surface area contributed by atoms with Gasteiger partial charge in [-0.1, -0.05) is 0 Å². The van der Waals surface area contributed by atoms with Crippen LogP contribution >= 0.6 is 0 Å². The number of hydrogen-bond acceptors (Lipinski definition) is 4. The molecule has 0 spiro atoms. The van der Waals surface area contributed by atoms with Crippen LogP contribution in [0.4, 0.5) is 0 Å². The summed E-state index contributed by atoms with van der Waals surface area (Å²) in [5.74, 6) is 0.334. The molecule has 0 saturated carbocycles. The zero-order valence-electron chi connectivity index (χ0n) is 11.8. The third-order valence-corrected chi connectivity index (χ3v) is 4.18. The van der Waals surface area contributed by atoms with Crippen LogP contribution in [0.3, 0.4) is 0 Å². The van der Waals surface area contributed by atoms with Gasteiger partial charge in [-0.15, -0.1) is 0 Å². The minimum absolute atomic E-state index is 0.118. The lowest BCUT2D eigenvalue weighted by Gasteiger charge is -2.33. The fraction of sp³-hybridized carbons (Fsp3) is 0.929. The molecule has 19 heavy (non-hydrogen) atoms. The van der Waals surface area contributed by atoms with Crippen LogP contribution in [-0.2, 0) is 4.79 Å². The maximum Gasteiger partial charge on any atom is 0.240 e. The third-order valence-electron chi connectivity index (χ3n) is 4.18. The number of rotatable bonds is 6. The van der Waals surface area contributed by atoms with E-state index in [1.54, 1.807) is 0 Å². The van der Waals surface area contributed by atoms with Crippen LogP contribution in [0, 0.1) is 0 Å². The summed E-state index contributed by atoms with van der Waals surface area (Å²) in [5, 5.41) is 12.1. The molecule has 0 aliphatic carbocycles. The Labute approximate surface area is 115 Å². The lowest BCUT2D eigenvalue weighted by molar-refractivity contribution is -0.136. The van der Waals surface area contributed by atoms with Crippen molar-refractivity contribution < 1.29 is 9.90 Å². The molecule has 0 radical (unpaired) electrons. The molecule has 1 unspecified atom stereocenters. The molecule has 0 aromatic rings. The second kappa shape index (κ2) is 7.82. The minimum atomic E-state index is 0.118. The van der Waals surface area contributed by atoms with E-state index in [1.165, 1.54) is 0 Å². The van der Waals surface area contributed by atoms with Crippen molar-refractivity contribution in [3.8, 4) is 0 Å². The van der Waals surface area contributed by atoms with Crippen LogP contribution in [0.2, 0.25) is 0 Å². The number of amides is 1. The van der Waals surface area contributed by atoms with Crippen LogP contribution < -0.4 is 5.32 Å². The van der Waals surface area contributed by atoms with Crippen molar-refractivity contribution in [2.45, 2.75) is 38.1 Å². The molecule has 2 N–H and O–H groups in total. The number of unbranched alkanes of at least 4 members (excludes halogenated alkanes) is 2. The minimum Gasteiger partial charge on any atom is -0.396 e. The largest absolute Gasteiger partial charge is 0.396 e. The van der Waals surface area contributed by atoms with Gasteiger partial charge in [0.25, 0.3) is 0 Å². The van der Waals surface area contributed by atoms with Gasteiger partial charge in [-0.3, -0.25) is 9.69 Å². The van der Waals surface area contributed by atoms with Gasteiger partial charge < -0.3 is 15.3 Å². The Morgan fingerprint density at radius 3 is 2.68 bits per heavy atom. The Balaban J connectivity index is 1.78. The van der Waals surface area contributed by atoms with E-state index in [2.05, 4.69) is 10.2 Å². The summed E-state index contributed by atoms with van der Waals surface area (Å²) in [6.45, 7) is 5.90. The molecule has 5 nitrogen and oxygen atoms in total. The first-order valence-electron chi connectivity index (χ1n) is 7.67. The molecule has 110 valence electrons. The number of carbonyl (C=O) groups is 1. The highest BCUT2D eigenvalue weighted by molar-refractivity contribution is 5.82. The molecule has 0 aromatic heterocycles. The van der Waals surface area contributed by atoms with Gasteiger partial charge in [-0.25, -0.2) is 0 Å². The molecule has 2 rings (SSSR count).